The van der Waals surface area contributed by atoms with E-state index in [-0.39, 0.29) is 0 Å². The number of hydrogen-bond donors (Lipinski definition) is 0. The number of benzene rings is 22. The van der Waals surface area contributed by atoms with Crippen LogP contribution in [0.3, 0.4) is 0 Å². The molecule has 22 aromatic carbocycles. The summed E-state index contributed by atoms with van der Waals surface area (Å²) in [5, 5.41) is 11.3. The average molecular weight is 1860 g/mol. The van der Waals surface area contributed by atoms with Crippen molar-refractivity contribution >= 4 is 53.9 Å². The van der Waals surface area contributed by atoms with E-state index in [2.05, 4.69) is 413 Å². The molecule has 0 bridgehead atoms. The van der Waals surface area contributed by atoms with Gasteiger partial charge in [-0.25, -0.2) is 29.9 Å². The van der Waals surface area contributed by atoms with E-state index in [0.29, 0.717) is 34.9 Å². The molecule has 0 saturated carbocycles. The molecule has 11 heteroatoms. The van der Waals surface area contributed by atoms with Crippen molar-refractivity contribution < 1.29 is 23.7 Å². The Balaban J connectivity index is 0.000000162. The van der Waals surface area contributed by atoms with Crippen LogP contribution in [0.4, 0.5) is 0 Å². The molecule has 2 heterocycles. The van der Waals surface area contributed by atoms with Crippen molar-refractivity contribution in [3.05, 3.63) is 479 Å². The molecular formula is C133H94N6O5. The number of rotatable bonds is 22. The lowest BCUT2D eigenvalue weighted by Crippen LogP contribution is -2.00. The summed E-state index contributed by atoms with van der Waals surface area (Å²) in [5.41, 5.74) is 30.4. The first kappa shape index (κ1) is 89.1. The summed E-state index contributed by atoms with van der Waals surface area (Å²) < 4.78 is 28.3. The van der Waals surface area contributed by atoms with Crippen LogP contribution < -0.4 is 23.7 Å². The second-order valence-corrected chi connectivity index (χ2v) is 35.6. The Kier molecular flexibility index (Phi) is 24.5. The minimum absolute atomic E-state index is 0.597. The number of methoxy groups -OCH3 is 5. The molecule has 144 heavy (non-hydrogen) atoms. The molecule has 0 fully saturated rings. The van der Waals surface area contributed by atoms with Crippen LogP contribution in [0.5, 0.6) is 28.7 Å². The van der Waals surface area contributed by atoms with E-state index in [0.717, 1.165) is 211 Å². The Labute approximate surface area is 836 Å². The third-order valence-electron chi connectivity index (χ3n) is 27.4. The number of hydrogen-bond acceptors (Lipinski definition) is 11. The molecule has 0 aliphatic carbocycles. The predicted octanol–water partition coefficient (Wildman–Crippen LogP) is 33.9. The Bertz CT molecular complexity index is 8210. The highest BCUT2D eigenvalue weighted by Crippen LogP contribution is 2.45. The topological polar surface area (TPSA) is 123 Å². The second-order valence-electron chi connectivity index (χ2n) is 35.6. The molecule has 0 unspecified atom stereocenters. The van der Waals surface area contributed by atoms with Crippen molar-refractivity contribution in [1.82, 2.24) is 29.9 Å². The van der Waals surface area contributed by atoms with E-state index >= 15 is 0 Å². The van der Waals surface area contributed by atoms with E-state index < -0.39 is 0 Å². The fourth-order valence-electron chi connectivity index (χ4n) is 19.7. The standard InChI is InChI=1S/C72H51N3O3.C61H43N3O2/c1-76-67-43-40-58(61-10-4-7-13-64(61)67)52-28-16-46(17-29-52)49-22-34-55(35-23-49)70-73-71(56-36-24-50(25-37-56)47-18-30-53(31-19-47)59-41-44-68(77-2)65-14-8-5-11-62(59)65)75-72(74-70)57-38-26-51(27-39-57)48-20-32-54(33-21-48)60-42-45-69(78-3)66-15-9-6-12-63(60)66;1-65-57-38-36-51(53-12-6-8-14-55(53)57)46-26-16-42(17-27-46)44-22-32-49(33-23-44)60-62-59(48-30-20-41(21-31-48)40-10-4-3-5-11-40)63-61(64-60)50-34-24-45(25-35-50)43-18-28-47(29-19-43)52-37-39-58(66-2)56-15-9-7-13-54(52)56/h4-45H,1-3H3;3-39H,1-2H3. The Morgan fingerprint density at radius 3 is 0.368 bits per heavy atom. The summed E-state index contributed by atoms with van der Waals surface area (Å²) in [6.07, 6.45) is 0. The van der Waals surface area contributed by atoms with Gasteiger partial charge in [-0.1, -0.05) is 449 Å². The number of nitrogens with zero attached hydrogens (tertiary/aromatic N) is 6. The van der Waals surface area contributed by atoms with Gasteiger partial charge in [0.05, 0.1) is 35.5 Å². The van der Waals surface area contributed by atoms with E-state index in [4.69, 9.17) is 53.6 Å². The SMILES string of the molecule is COc1ccc(-c2ccc(-c3ccc(-c4nc(-c5ccc(-c6ccc(-c7ccc(OC)c8ccccc78)cc6)cc5)nc(-c5ccc(-c6ccc(-c7ccc(OC)c8ccccc78)cc6)cc5)n4)cc3)cc2)c2ccccc12.COc1ccc(-c2ccc(-c3ccc(-c4nc(-c5ccc(-c6ccccc6)cc5)nc(-c5ccc(-c6ccc(-c7ccc(OC)c8ccccc78)cc6)cc5)n4)cc3)cc2)c2ccccc12. The van der Waals surface area contributed by atoms with Gasteiger partial charge in [-0.2, -0.15) is 0 Å². The van der Waals surface area contributed by atoms with Crippen molar-refractivity contribution in [2.45, 2.75) is 0 Å². The fourth-order valence-corrected chi connectivity index (χ4v) is 19.7. The Morgan fingerprint density at radius 1 is 0.104 bits per heavy atom. The molecule has 0 saturated heterocycles. The molecule has 0 N–H and O–H groups in total. The van der Waals surface area contributed by atoms with Gasteiger partial charge in [0, 0.05) is 60.3 Å². The van der Waals surface area contributed by atoms with E-state index in [9.17, 15) is 0 Å². The summed E-state index contributed by atoms with van der Waals surface area (Å²) in [6.45, 7) is 0. The third kappa shape index (κ3) is 17.8. The van der Waals surface area contributed by atoms with Crippen molar-refractivity contribution in [2.75, 3.05) is 35.5 Å². The smallest absolute Gasteiger partial charge is 0.164 e. The molecule has 686 valence electrons. The summed E-state index contributed by atoms with van der Waals surface area (Å²) >= 11 is 0. The first-order valence-electron chi connectivity index (χ1n) is 48.1. The number of fused-ring (bicyclic) bond motifs is 5. The van der Waals surface area contributed by atoms with Crippen molar-refractivity contribution in [3.63, 3.8) is 0 Å². The van der Waals surface area contributed by atoms with Gasteiger partial charge in [0.15, 0.2) is 34.9 Å². The van der Waals surface area contributed by atoms with Gasteiger partial charge in [-0.05, 0) is 180 Å². The van der Waals surface area contributed by atoms with Gasteiger partial charge in [0.1, 0.15) is 28.7 Å². The zero-order valence-electron chi connectivity index (χ0n) is 79.8. The monoisotopic (exact) mass is 1850 g/mol. The number of aromatic nitrogens is 6. The lowest BCUT2D eigenvalue weighted by molar-refractivity contribution is 0.420. The molecule has 24 aromatic rings. The average Bonchev–Trinajstić information content (AvgIpc) is 0.797. The minimum Gasteiger partial charge on any atom is -0.496 e. The van der Waals surface area contributed by atoms with Gasteiger partial charge in [0.2, 0.25) is 0 Å². The summed E-state index contributed by atoms with van der Waals surface area (Å²) in [4.78, 5) is 30.7. The minimum atomic E-state index is 0.597. The molecule has 0 spiro atoms. The molecule has 11 nitrogen and oxygen atoms in total. The first-order valence-corrected chi connectivity index (χ1v) is 48.1. The molecule has 0 aliphatic rings. The summed E-state index contributed by atoms with van der Waals surface area (Å²) in [7, 11) is 8.59. The number of ether oxygens (including phenoxy) is 5. The van der Waals surface area contributed by atoms with E-state index in [1.807, 2.05) is 66.7 Å². The Morgan fingerprint density at radius 2 is 0.222 bits per heavy atom. The highest BCUT2D eigenvalue weighted by Gasteiger charge is 2.22. The van der Waals surface area contributed by atoms with Crippen LogP contribution in [0.25, 0.3) is 245 Å². The molecule has 2 aromatic heterocycles. The molecule has 0 aliphatic heterocycles. The lowest BCUT2D eigenvalue weighted by Gasteiger charge is -2.12. The highest BCUT2D eigenvalue weighted by atomic mass is 16.5. The van der Waals surface area contributed by atoms with Crippen LogP contribution in [0.1, 0.15) is 0 Å². The first-order chi connectivity index (χ1) is 71.1. The maximum absolute atomic E-state index is 5.67. The quantitative estimate of drug-likeness (QED) is 0.0644. The van der Waals surface area contributed by atoms with Gasteiger partial charge in [0.25, 0.3) is 0 Å². The van der Waals surface area contributed by atoms with Crippen LogP contribution in [-0.4, -0.2) is 65.5 Å². The third-order valence-corrected chi connectivity index (χ3v) is 27.4. The van der Waals surface area contributed by atoms with E-state index in [1.165, 1.54) is 27.8 Å². The molecule has 24 rings (SSSR count). The van der Waals surface area contributed by atoms with Crippen LogP contribution in [0, 0.1) is 0 Å². The molecule has 0 amide bonds. The maximum Gasteiger partial charge on any atom is 0.164 e. The fraction of sp³-hybridized carbons (Fsp3) is 0.0376. The second kappa shape index (κ2) is 39.6. The van der Waals surface area contributed by atoms with Crippen LogP contribution >= 0.6 is 0 Å². The zero-order valence-corrected chi connectivity index (χ0v) is 79.8. The zero-order chi connectivity index (χ0) is 96.9. The van der Waals surface area contributed by atoms with Crippen molar-refractivity contribution in [1.29, 1.82) is 0 Å². The normalized spacial score (nSPS) is 11.2. The van der Waals surface area contributed by atoms with Gasteiger partial charge >= 0.3 is 0 Å². The highest BCUT2D eigenvalue weighted by molar-refractivity contribution is 6.05. The maximum atomic E-state index is 5.67. The van der Waals surface area contributed by atoms with Crippen molar-refractivity contribution in [3.8, 4) is 219 Å². The van der Waals surface area contributed by atoms with Gasteiger partial charge in [-0.15, -0.1) is 0 Å². The molecular weight excluding hydrogens is 1760 g/mol. The predicted molar refractivity (Wildman–Crippen MR) is 592 cm³/mol. The molecule has 0 atom stereocenters. The summed E-state index contributed by atoms with van der Waals surface area (Å²) in [6, 6.07) is 168. The lowest BCUT2D eigenvalue weighted by atomic mass is 9.95. The van der Waals surface area contributed by atoms with Crippen LogP contribution in [0.15, 0.2) is 479 Å². The van der Waals surface area contributed by atoms with Crippen LogP contribution in [0.2, 0.25) is 0 Å². The largest absolute Gasteiger partial charge is 0.496 e. The Hall–Kier alpha value is -18.8. The van der Waals surface area contributed by atoms with Crippen molar-refractivity contribution in [2.24, 2.45) is 0 Å². The molecule has 0 radical (unpaired) electrons. The van der Waals surface area contributed by atoms with Gasteiger partial charge < -0.3 is 23.7 Å². The van der Waals surface area contributed by atoms with Gasteiger partial charge in [-0.3, -0.25) is 0 Å². The van der Waals surface area contributed by atoms with E-state index in [1.54, 1.807) is 35.5 Å². The van der Waals surface area contributed by atoms with Crippen LogP contribution in [-0.2, 0) is 0 Å². The summed E-state index contributed by atoms with van der Waals surface area (Å²) in [5.74, 6) is 7.99.